The predicted octanol–water partition coefficient (Wildman–Crippen LogP) is 4.04. The lowest BCUT2D eigenvalue weighted by atomic mass is 10.2. The first kappa shape index (κ1) is 13.7. The van der Waals surface area contributed by atoms with E-state index >= 15 is 0 Å². The highest BCUT2D eigenvalue weighted by molar-refractivity contribution is 7.09. The monoisotopic (exact) mass is 315 g/mol. The molecular weight excluding hydrogens is 298 g/mol. The molecule has 0 spiro atoms. The molecule has 0 amide bonds. The molecule has 0 unspecified atom stereocenters. The van der Waals surface area contributed by atoms with Gasteiger partial charge in [-0.15, -0.1) is 11.3 Å². The molecule has 1 aliphatic rings. The fraction of sp³-hybridized carbons (Fsp3) is 0.375. The second-order valence-electron chi connectivity index (χ2n) is 5.53. The average molecular weight is 315 g/mol. The second-order valence-corrected chi connectivity index (χ2v) is 6.46. The van der Waals surface area contributed by atoms with E-state index in [1.165, 1.54) is 17.8 Å². The SMILES string of the molecule is Cc1oc(-c2ccoc2)nc1CN1CCC[C@@H]1c1nccs1. The summed E-state index contributed by atoms with van der Waals surface area (Å²) in [6.45, 7) is 3.86. The van der Waals surface area contributed by atoms with Crippen LogP contribution in [0.1, 0.15) is 35.3 Å². The maximum atomic E-state index is 5.78. The number of aryl methyl sites for hydroxylation is 1. The average Bonchev–Trinajstić information content (AvgIpc) is 3.27. The molecule has 0 saturated carbocycles. The number of hydrogen-bond acceptors (Lipinski definition) is 6. The van der Waals surface area contributed by atoms with Gasteiger partial charge in [-0.05, 0) is 32.4 Å². The van der Waals surface area contributed by atoms with Gasteiger partial charge in [-0.25, -0.2) is 9.97 Å². The Morgan fingerprint density at radius 2 is 2.41 bits per heavy atom. The van der Waals surface area contributed by atoms with Gasteiger partial charge in [0.15, 0.2) is 0 Å². The van der Waals surface area contributed by atoms with Crippen LogP contribution >= 0.6 is 11.3 Å². The van der Waals surface area contributed by atoms with Crippen LogP contribution in [0.15, 0.2) is 39.0 Å². The minimum atomic E-state index is 0.411. The number of furan rings is 1. The molecule has 0 bridgehead atoms. The van der Waals surface area contributed by atoms with E-state index in [0.717, 1.165) is 30.1 Å². The van der Waals surface area contributed by atoms with Crippen molar-refractivity contribution in [3.05, 3.63) is 46.6 Å². The number of rotatable bonds is 4. The highest BCUT2D eigenvalue weighted by Gasteiger charge is 2.29. The summed E-state index contributed by atoms with van der Waals surface area (Å²) >= 11 is 1.73. The fourth-order valence-corrected chi connectivity index (χ4v) is 3.78. The van der Waals surface area contributed by atoms with Gasteiger partial charge in [-0.2, -0.15) is 0 Å². The highest BCUT2D eigenvalue weighted by Crippen LogP contribution is 2.34. The third-order valence-corrected chi connectivity index (χ3v) is 4.99. The topological polar surface area (TPSA) is 55.3 Å². The lowest BCUT2D eigenvalue weighted by Crippen LogP contribution is -2.23. The van der Waals surface area contributed by atoms with Crippen LogP contribution in [0.25, 0.3) is 11.5 Å². The Labute approximate surface area is 132 Å². The van der Waals surface area contributed by atoms with Crippen LogP contribution in [-0.4, -0.2) is 21.4 Å². The van der Waals surface area contributed by atoms with Crippen molar-refractivity contribution in [3.63, 3.8) is 0 Å². The molecule has 3 aromatic rings. The van der Waals surface area contributed by atoms with Gasteiger partial charge in [0.25, 0.3) is 0 Å². The van der Waals surface area contributed by atoms with Gasteiger partial charge < -0.3 is 8.83 Å². The van der Waals surface area contributed by atoms with Crippen molar-refractivity contribution in [2.75, 3.05) is 6.54 Å². The molecule has 0 aliphatic carbocycles. The van der Waals surface area contributed by atoms with Gasteiger partial charge in [0.2, 0.25) is 5.89 Å². The third kappa shape index (κ3) is 2.48. The molecule has 0 aromatic carbocycles. The zero-order valence-corrected chi connectivity index (χ0v) is 13.2. The quantitative estimate of drug-likeness (QED) is 0.727. The molecule has 1 saturated heterocycles. The molecule has 114 valence electrons. The van der Waals surface area contributed by atoms with Crippen molar-refractivity contribution in [1.29, 1.82) is 0 Å². The summed E-state index contributed by atoms with van der Waals surface area (Å²) in [7, 11) is 0. The smallest absolute Gasteiger partial charge is 0.229 e. The molecular formula is C16H17N3O2S. The molecule has 6 heteroatoms. The normalized spacial score (nSPS) is 19.0. The first-order valence-electron chi connectivity index (χ1n) is 7.43. The number of hydrogen-bond donors (Lipinski definition) is 0. The van der Waals surface area contributed by atoms with Crippen molar-refractivity contribution in [1.82, 2.24) is 14.9 Å². The van der Waals surface area contributed by atoms with E-state index in [9.17, 15) is 0 Å². The summed E-state index contributed by atoms with van der Waals surface area (Å²) in [4.78, 5) is 11.6. The van der Waals surface area contributed by atoms with Gasteiger partial charge >= 0.3 is 0 Å². The Hall–Kier alpha value is -1.92. The zero-order chi connectivity index (χ0) is 14.9. The van der Waals surface area contributed by atoms with Gasteiger partial charge in [0, 0.05) is 18.1 Å². The van der Waals surface area contributed by atoms with Crippen molar-refractivity contribution in [3.8, 4) is 11.5 Å². The van der Waals surface area contributed by atoms with E-state index in [0.29, 0.717) is 11.9 Å². The Kier molecular flexibility index (Phi) is 3.56. The molecule has 4 rings (SSSR count). The maximum Gasteiger partial charge on any atom is 0.229 e. The molecule has 1 atom stereocenters. The second kappa shape index (κ2) is 5.70. The van der Waals surface area contributed by atoms with Crippen LogP contribution in [0.5, 0.6) is 0 Å². The predicted molar refractivity (Wildman–Crippen MR) is 83.4 cm³/mol. The third-order valence-electron chi connectivity index (χ3n) is 4.11. The summed E-state index contributed by atoms with van der Waals surface area (Å²) in [5.74, 6) is 1.51. The molecule has 5 nitrogen and oxygen atoms in total. The molecule has 4 heterocycles. The Morgan fingerprint density at radius 1 is 1.45 bits per heavy atom. The number of oxazole rings is 1. The van der Waals surface area contributed by atoms with Crippen molar-refractivity contribution in [2.45, 2.75) is 32.4 Å². The molecule has 1 aliphatic heterocycles. The number of nitrogens with zero attached hydrogens (tertiary/aromatic N) is 3. The van der Waals surface area contributed by atoms with E-state index in [-0.39, 0.29) is 0 Å². The van der Waals surface area contributed by atoms with E-state index in [1.54, 1.807) is 23.9 Å². The number of aromatic nitrogens is 2. The van der Waals surface area contributed by atoms with Crippen molar-refractivity contribution in [2.24, 2.45) is 0 Å². The van der Waals surface area contributed by atoms with E-state index in [4.69, 9.17) is 8.83 Å². The van der Waals surface area contributed by atoms with Crippen LogP contribution in [0, 0.1) is 6.92 Å². The molecule has 3 aromatic heterocycles. The van der Waals surface area contributed by atoms with Crippen molar-refractivity contribution >= 4 is 11.3 Å². The molecule has 0 radical (unpaired) electrons. The molecule has 22 heavy (non-hydrogen) atoms. The van der Waals surface area contributed by atoms with Gasteiger partial charge in [-0.1, -0.05) is 0 Å². The summed E-state index contributed by atoms with van der Waals surface area (Å²) < 4.78 is 10.9. The molecule has 1 fully saturated rings. The lowest BCUT2D eigenvalue weighted by Gasteiger charge is -2.21. The largest absolute Gasteiger partial charge is 0.472 e. The lowest BCUT2D eigenvalue weighted by molar-refractivity contribution is 0.244. The van der Waals surface area contributed by atoms with Gasteiger partial charge in [0.1, 0.15) is 17.0 Å². The first-order chi connectivity index (χ1) is 10.8. The van der Waals surface area contributed by atoms with Crippen molar-refractivity contribution < 1.29 is 8.83 Å². The van der Waals surface area contributed by atoms with Crippen LogP contribution in [-0.2, 0) is 6.54 Å². The standard InChI is InChI=1S/C16H17N3O2S/c1-11-13(18-15(21-11)12-4-7-20-10-12)9-19-6-2-3-14(19)16-17-5-8-22-16/h4-5,7-8,10,14H,2-3,6,9H2,1H3/t14-/m1/s1. The Bertz CT molecular complexity index is 734. The maximum absolute atomic E-state index is 5.78. The van der Waals surface area contributed by atoms with E-state index in [2.05, 4.69) is 14.9 Å². The number of likely N-dealkylation sites (tertiary alicyclic amines) is 1. The highest BCUT2D eigenvalue weighted by atomic mass is 32.1. The summed E-state index contributed by atoms with van der Waals surface area (Å²) in [5, 5.41) is 3.25. The molecule has 0 N–H and O–H groups in total. The van der Waals surface area contributed by atoms with Crippen LogP contribution in [0.2, 0.25) is 0 Å². The van der Waals surface area contributed by atoms with E-state index in [1.807, 2.05) is 24.6 Å². The summed E-state index contributed by atoms with van der Waals surface area (Å²) in [6.07, 6.45) is 7.54. The first-order valence-corrected chi connectivity index (χ1v) is 8.31. The number of thiazole rings is 1. The summed E-state index contributed by atoms with van der Waals surface area (Å²) in [5.41, 5.74) is 1.88. The van der Waals surface area contributed by atoms with Crippen LogP contribution in [0.4, 0.5) is 0 Å². The zero-order valence-electron chi connectivity index (χ0n) is 12.4. The van der Waals surface area contributed by atoms with E-state index < -0.39 is 0 Å². The summed E-state index contributed by atoms with van der Waals surface area (Å²) in [6, 6.07) is 2.27. The fourth-order valence-electron chi connectivity index (χ4n) is 2.97. The minimum Gasteiger partial charge on any atom is -0.472 e. The van der Waals surface area contributed by atoms with Crippen LogP contribution < -0.4 is 0 Å². The Balaban J connectivity index is 1.56. The Morgan fingerprint density at radius 3 is 3.18 bits per heavy atom. The van der Waals surface area contributed by atoms with Gasteiger partial charge in [0.05, 0.1) is 23.6 Å². The minimum absolute atomic E-state index is 0.411. The van der Waals surface area contributed by atoms with Crippen LogP contribution in [0.3, 0.4) is 0 Å². The van der Waals surface area contributed by atoms with Gasteiger partial charge in [-0.3, -0.25) is 4.90 Å².